The number of aromatic nitrogens is 2. The second-order valence-corrected chi connectivity index (χ2v) is 9.87. The fourth-order valence-electron chi connectivity index (χ4n) is 1.71. The van der Waals surface area contributed by atoms with Crippen LogP contribution < -0.4 is 0 Å². The van der Waals surface area contributed by atoms with Gasteiger partial charge in [0.1, 0.15) is 13.9 Å². The minimum absolute atomic E-state index is 0.100. The predicted molar refractivity (Wildman–Crippen MR) is 66.9 cm³/mol. The zero-order chi connectivity index (χ0) is 12.2. The summed E-state index contributed by atoms with van der Waals surface area (Å²) in [5, 5.41) is 4.37. The SMILES string of the molecule is CC[Si](C)(C)C(OC)n1cc(COC)cn1. The van der Waals surface area contributed by atoms with Gasteiger partial charge in [-0.1, -0.05) is 26.1 Å². The van der Waals surface area contributed by atoms with Crippen LogP contribution in [0.25, 0.3) is 0 Å². The predicted octanol–water partition coefficient (Wildman–Crippen LogP) is 2.44. The average Bonchev–Trinajstić information content (AvgIpc) is 2.68. The molecule has 1 rings (SSSR count). The fourth-order valence-corrected chi connectivity index (χ4v) is 3.55. The second-order valence-electron chi connectivity index (χ2n) is 4.69. The lowest BCUT2D eigenvalue weighted by Gasteiger charge is -2.30. The van der Waals surface area contributed by atoms with Crippen LogP contribution >= 0.6 is 0 Å². The molecule has 0 N–H and O–H groups in total. The summed E-state index contributed by atoms with van der Waals surface area (Å²) in [5.74, 6) is 0.100. The maximum Gasteiger partial charge on any atom is 0.134 e. The number of ether oxygens (including phenoxy) is 2. The van der Waals surface area contributed by atoms with Gasteiger partial charge in [0, 0.05) is 26.0 Å². The van der Waals surface area contributed by atoms with E-state index < -0.39 is 8.07 Å². The van der Waals surface area contributed by atoms with Crippen LogP contribution in [0.2, 0.25) is 19.1 Å². The molecule has 0 fully saturated rings. The van der Waals surface area contributed by atoms with Gasteiger partial charge in [-0.2, -0.15) is 5.10 Å². The molecule has 5 heteroatoms. The van der Waals surface area contributed by atoms with Crippen molar-refractivity contribution in [2.75, 3.05) is 14.2 Å². The Kier molecular flexibility index (Phi) is 4.70. The number of methoxy groups -OCH3 is 2. The summed E-state index contributed by atoms with van der Waals surface area (Å²) >= 11 is 0. The zero-order valence-corrected chi connectivity index (χ0v) is 11.9. The highest BCUT2D eigenvalue weighted by Crippen LogP contribution is 2.25. The topological polar surface area (TPSA) is 36.3 Å². The van der Waals surface area contributed by atoms with Crippen LogP contribution in [0.15, 0.2) is 12.4 Å². The molecule has 0 amide bonds. The maximum atomic E-state index is 5.60. The monoisotopic (exact) mass is 242 g/mol. The van der Waals surface area contributed by atoms with E-state index in [0.717, 1.165) is 5.56 Å². The van der Waals surface area contributed by atoms with E-state index in [2.05, 4.69) is 25.1 Å². The highest BCUT2D eigenvalue weighted by molar-refractivity contribution is 6.77. The smallest absolute Gasteiger partial charge is 0.134 e. The number of hydrogen-bond donors (Lipinski definition) is 0. The molecule has 92 valence electrons. The van der Waals surface area contributed by atoms with Gasteiger partial charge >= 0.3 is 0 Å². The highest BCUT2D eigenvalue weighted by atomic mass is 28.3. The first-order valence-corrected chi connectivity index (χ1v) is 8.88. The molecule has 0 saturated carbocycles. The molecular weight excluding hydrogens is 220 g/mol. The third-order valence-electron chi connectivity index (χ3n) is 3.01. The molecule has 0 bridgehead atoms. The van der Waals surface area contributed by atoms with Gasteiger partial charge in [-0.3, -0.25) is 0 Å². The lowest BCUT2D eigenvalue weighted by atomic mass is 10.4. The van der Waals surface area contributed by atoms with Gasteiger partial charge in [-0.05, 0) is 0 Å². The molecule has 16 heavy (non-hydrogen) atoms. The summed E-state index contributed by atoms with van der Waals surface area (Å²) in [6, 6.07) is 1.17. The Morgan fingerprint density at radius 1 is 1.44 bits per heavy atom. The van der Waals surface area contributed by atoms with Crippen LogP contribution in [0.1, 0.15) is 18.3 Å². The van der Waals surface area contributed by atoms with Crippen LogP contribution in [0.3, 0.4) is 0 Å². The van der Waals surface area contributed by atoms with Crippen molar-refractivity contribution in [3.8, 4) is 0 Å². The molecule has 0 saturated heterocycles. The Morgan fingerprint density at radius 2 is 2.12 bits per heavy atom. The second kappa shape index (κ2) is 5.61. The Hall–Kier alpha value is -0.653. The molecule has 0 radical (unpaired) electrons. The minimum atomic E-state index is -1.42. The molecule has 0 aliphatic rings. The van der Waals surface area contributed by atoms with Crippen molar-refractivity contribution in [1.82, 2.24) is 9.78 Å². The third-order valence-corrected chi connectivity index (χ3v) is 6.67. The average molecular weight is 242 g/mol. The molecule has 0 spiro atoms. The first-order chi connectivity index (χ1) is 7.55. The summed E-state index contributed by atoms with van der Waals surface area (Å²) in [6.45, 7) is 7.46. The summed E-state index contributed by atoms with van der Waals surface area (Å²) in [6.07, 6.45) is 3.86. The molecule has 1 unspecified atom stereocenters. The van der Waals surface area contributed by atoms with Crippen molar-refractivity contribution in [1.29, 1.82) is 0 Å². The lowest BCUT2D eigenvalue weighted by Crippen LogP contribution is -2.39. The van der Waals surface area contributed by atoms with Gasteiger partial charge in [0.05, 0.1) is 12.8 Å². The Labute approximate surface area is 98.6 Å². The van der Waals surface area contributed by atoms with E-state index in [0.29, 0.717) is 6.61 Å². The van der Waals surface area contributed by atoms with Crippen LogP contribution in [0, 0.1) is 0 Å². The van der Waals surface area contributed by atoms with E-state index in [1.807, 2.05) is 17.1 Å². The van der Waals surface area contributed by atoms with Crippen molar-refractivity contribution in [2.24, 2.45) is 0 Å². The lowest BCUT2D eigenvalue weighted by molar-refractivity contribution is 0.0923. The van der Waals surface area contributed by atoms with Crippen molar-refractivity contribution in [3.05, 3.63) is 18.0 Å². The van der Waals surface area contributed by atoms with Crippen molar-refractivity contribution < 1.29 is 9.47 Å². The van der Waals surface area contributed by atoms with Crippen molar-refractivity contribution >= 4 is 8.07 Å². The van der Waals surface area contributed by atoms with Gasteiger partial charge in [-0.15, -0.1) is 0 Å². The fraction of sp³-hybridized carbons (Fsp3) is 0.727. The molecule has 4 nitrogen and oxygen atoms in total. The van der Waals surface area contributed by atoms with Gasteiger partial charge in [-0.25, -0.2) is 4.68 Å². The highest BCUT2D eigenvalue weighted by Gasteiger charge is 2.32. The first-order valence-electron chi connectivity index (χ1n) is 5.60. The molecule has 0 aliphatic carbocycles. The first kappa shape index (κ1) is 13.4. The van der Waals surface area contributed by atoms with Crippen molar-refractivity contribution in [2.45, 2.75) is 38.5 Å². The van der Waals surface area contributed by atoms with Crippen LogP contribution in [-0.2, 0) is 16.1 Å². The van der Waals surface area contributed by atoms with E-state index >= 15 is 0 Å². The Bertz CT molecular complexity index is 326. The van der Waals surface area contributed by atoms with E-state index in [9.17, 15) is 0 Å². The molecule has 1 aromatic rings. The van der Waals surface area contributed by atoms with Crippen LogP contribution in [0.4, 0.5) is 0 Å². The third kappa shape index (κ3) is 2.93. The normalized spacial score (nSPS) is 14.1. The number of nitrogens with zero attached hydrogens (tertiary/aromatic N) is 2. The summed E-state index contributed by atoms with van der Waals surface area (Å²) in [5.41, 5.74) is 1.09. The van der Waals surface area contributed by atoms with Gasteiger partial charge in [0.25, 0.3) is 0 Å². The van der Waals surface area contributed by atoms with Crippen LogP contribution in [0.5, 0.6) is 0 Å². The largest absolute Gasteiger partial charge is 0.380 e. The van der Waals surface area contributed by atoms with Crippen LogP contribution in [-0.4, -0.2) is 32.1 Å². The van der Waals surface area contributed by atoms with E-state index in [1.54, 1.807) is 14.2 Å². The van der Waals surface area contributed by atoms with E-state index in [4.69, 9.17) is 9.47 Å². The maximum absolute atomic E-state index is 5.60. The number of rotatable bonds is 6. The summed E-state index contributed by atoms with van der Waals surface area (Å²) in [7, 11) is 2.03. The summed E-state index contributed by atoms with van der Waals surface area (Å²) < 4.78 is 12.6. The molecular formula is C11H22N2O2Si. The summed E-state index contributed by atoms with van der Waals surface area (Å²) in [4.78, 5) is 0. The van der Waals surface area contributed by atoms with Gasteiger partial charge < -0.3 is 9.47 Å². The quantitative estimate of drug-likeness (QED) is 0.719. The number of hydrogen-bond acceptors (Lipinski definition) is 3. The molecule has 1 atom stereocenters. The molecule has 1 heterocycles. The molecule has 0 aromatic carbocycles. The van der Waals surface area contributed by atoms with Gasteiger partial charge in [0.15, 0.2) is 0 Å². The zero-order valence-electron chi connectivity index (χ0n) is 10.9. The van der Waals surface area contributed by atoms with E-state index in [1.165, 1.54) is 6.04 Å². The Balaban J connectivity index is 2.86. The molecule has 0 aliphatic heterocycles. The standard InChI is InChI=1S/C11H22N2O2Si/c1-6-16(4,5)11(15-3)13-8-10(7-12-13)9-14-2/h7-8,11H,6,9H2,1-5H3. The van der Waals surface area contributed by atoms with E-state index in [-0.39, 0.29) is 5.85 Å². The minimum Gasteiger partial charge on any atom is -0.380 e. The van der Waals surface area contributed by atoms with Gasteiger partial charge in [0.2, 0.25) is 0 Å². The Morgan fingerprint density at radius 3 is 2.62 bits per heavy atom. The molecule has 1 aromatic heterocycles. The van der Waals surface area contributed by atoms with Crippen molar-refractivity contribution in [3.63, 3.8) is 0 Å².